The molecular weight excluding hydrogens is 271 g/mol. The number of hydrogen-bond donors (Lipinski definition) is 2. The first kappa shape index (κ1) is 12.1. The average molecular weight is 281 g/mol. The number of nitrogens with one attached hydrogen (secondary N) is 1. The number of sulfonamides is 1. The quantitative estimate of drug-likeness (QED) is 0.879. The van der Waals surface area contributed by atoms with Crippen LogP contribution in [-0.2, 0) is 10.0 Å². The molecule has 0 bridgehead atoms. The summed E-state index contributed by atoms with van der Waals surface area (Å²) in [7, 11) is -3.54. The Morgan fingerprint density at radius 1 is 1.31 bits per heavy atom. The second-order valence-electron chi connectivity index (χ2n) is 3.70. The molecule has 0 heterocycles. The summed E-state index contributed by atoms with van der Waals surface area (Å²) in [5, 5.41) is 0.536. The lowest BCUT2D eigenvalue weighted by Crippen LogP contribution is -2.29. The third-order valence-electron chi connectivity index (χ3n) is 2.35. The first-order valence-corrected chi connectivity index (χ1v) is 6.87. The van der Waals surface area contributed by atoms with Crippen molar-refractivity contribution >= 4 is 33.2 Å². The monoisotopic (exact) mass is 280 g/mol. The Hall–Kier alpha value is -0.330. The zero-order valence-electron chi connectivity index (χ0n) is 8.15. The lowest BCUT2D eigenvalue weighted by atomic mass is 10.4. The molecule has 1 aromatic rings. The molecule has 0 radical (unpaired) electrons. The molecule has 0 spiro atoms. The fraction of sp³-hybridized carbons (Fsp3) is 0.333. The van der Waals surface area contributed by atoms with Crippen molar-refractivity contribution in [2.45, 2.75) is 23.4 Å². The van der Waals surface area contributed by atoms with Gasteiger partial charge in [0, 0.05) is 12.1 Å². The lowest BCUT2D eigenvalue weighted by Gasteiger charge is -2.06. The molecule has 4 nitrogen and oxygen atoms in total. The van der Waals surface area contributed by atoms with Gasteiger partial charge >= 0.3 is 0 Å². The van der Waals surface area contributed by atoms with Gasteiger partial charge in [0.1, 0.15) is 0 Å². The molecule has 16 heavy (non-hydrogen) atoms. The van der Waals surface area contributed by atoms with E-state index in [1.54, 1.807) is 0 Å². The van der Waals surface area contributed by atoms with Crippen LogP contribution in [-0.4, -0.2) is 20.5 Å². The van der Waals surface area contributed by atoms with E-state index in [0.717, 1.165) is 0 Å². The van der Waals surface area contributed by atoms with E-state index < -0.39 is 10.0 Å². The molecule has 1 aromatic carbocycles. The van der Waals surface area contributed by atoms with Crippen LogP contribution < -0.4 is 10.5 Å². The normalized spacial score (nSPS) is 24.4. The van der Waals surface area contributed by atoms with E-state index in [1.165, 1.54) is 18.2 Å². The Kier molecular flexibility index (Phi) is 3.16. The SMILES string of the molecule is NC1CC1NS(=O)(=O)c1ccc(Cl)c(Cl)c1. The number of benzene rings is 1. The highest BCUT2D eigenvalue weighted by Gasteiger charge is 2.37. The molecule has 1 aliphatic rings. The summed E-state index contributed by atoms with van der Waals surface area (Å²) < 4.78 is 26.1. The average Bonchev–Trinajstić information content (AvgIpc) is 2.85. The molecule has 1 aliphatic carbocycles. The molecule has 2 atom stereocenters. The van der Waals surface area contributed by atoms with Crippen LogP contribution in [0.4, 0.5) is 0 Å². The van der Waals surface area contributed by atoms with Gasteiger partial charge in [0.25, 0.3) is 0 Å². The van der Waals surface area contributed by atoms with E-state index in [9.17, 15) is 8.42 Å². The van der Waals surface area contributed by atoms with Gasteiger partial charge in [0.2, 0.25) is 10.0 Å². The van der Waals surface area contributed by atoms with Crippen molar-refractivity contribution in [1.82, 2.24) is 4.72 Å². The van der Waals surface area contributed by atoms with E-state index in [2.05, 4.69) is 4.72 Å². The second kappa shape index (κ2) is 4.16. The van der Waals surface area contributed by atoms with E-state index in [-0.39, 0.29) is 22.0 Å². The summed E-state index contributed by atoms with van der Waals surface area (Å²) in [5.74, 6) is 0. The van der Waals surface area contributed by atoms with Crippen molar-refractivity contribution in [3.8, 4) is 0 Å². The molecule has 2 unspecified atom stereocenters. The maximum absolute atomic E-state index is 11.8. The van der Waals surface area contributed by atoms with Crippen molar-refractivity contribution < 1.29 is 8.42 Å². The van der Waals surface area contributed by atoms with Gasteiger partial charge in [-0.3, -0.25) is 0 Å². The van der Waals surface area contributed by atoms with Crippen LogP contribution in [0.25, 0.3) is 0 Å². The maximum atomic E-state index is 11.8. The molecule has 0 aromatic heterocycles. The topological polar surface area (TPSA) is 72.2 Å². The number of halogens is 2. The maximum Gasteiger partial charge on any atom is 0.240 e. The summed E-state index contributed by atoms with van der Waals surface area (Å²) in [5.41, 5.74) is 5.53. The highest BCUT2D eigenvalue weighted by Crippen LogP contribution is 2.26. The summed E-state index contributed by atoms with van der Waals surface area (Å²) >= 11 is 11.5. The first-order chi connectivity index (χ1) is 7.40. The number of hydrogen-bond acceptors (Lipinski definition) is 3. The van der Waals surface area contributed by atoms with Crippen LogP contribution in [0.2, 0.25) is 10.0 Å². The van der Waals surface area contributed by atoms with Gasteiger partial charge in [-0.05, 0) is 24.6 Å². The van der Waals surface area contributed by atoms with Gasteiger partial charge in [0.15, 0.2) is 0 Å². The molecular formula is C9H10Cl2N2O2S. The highest BCUT2D eigenvalue weighted by molar-refractivity contribution is 7.89. The summed E-state index contributed by atoms with van der Waals surface area (Å²) in [6.45, 7) is 0. The molecule has 0 amide bonds. The Balaban J connectivity index is 2.25. The Morgan fingerprint density at radius 3 is 2.44 bits per heavy atom. The van der Waals surface area contributed by atoms with Crippen LogP contribution in [0.3, 0.4) is 0 Å². The Morgan fingerprint density at radius 2 is 1.94 bits per heavy atom. The van der Waals surface area contributed by atoms with Gasteiger partial charge in [-0.15, -0.1) is 0 Å². The lowest BCUT2D eigenvalue weighted by molar-refractivity contribution is 0.580. The minimum atomic E-state index is -3.54. The third kappa shape index (κ3) is 2.49. The van der Waals surface area contributed by atoms with Crippen molar-refractivity contribution in [1.29, 1.82) is 0 Å². The van der Waals surface area contributed by atoms with Crippen LogP contribution in [0, 0.1) is 0 Å². The fourth-order valence-electron chi connectivity index (χ4n) is 1.26. The van der Waals surface area contributed by atoms with Gasteiger partial charge < -0.3 is 5.73 Å². The van der Waals surface area contributed by atoms with Crippen molar-refractivity contribution in [2.75, 3.05) is 0 Å². The predicted molar refractivity (Wildman–Crippen MR) is 63.2 cm³/mol. The molecule has 1 saturated carbocycles. The summed E-state index contributed by atoms with van der Waals surface area (Å²) in [6.07, 6.45) is 0.667. The van der Waals surface area contributed by atoms with Gasteiger partial charge in [-0.1, -0.05) is 23.2 Å². The molecule has 3 N–H and O–H groups in total. The smallest absolute Gasteiger partial charge is 0.240 e. The standard InChI is InChI=1S/C9H10Cl2N2O2S/c10-6-2-1-5(3-7(6)11)16(14,15)13-9-4-8(9)12/h1-3,8-9,13H,4,12H2. The van der Waals surface area contributed by atoms with E-state index in [0.29, 0.717) is 11.4 Å². The van der Waals surface area contributed by atoms with Gasteiger partial charge in [-0.25, -0.2) is 13.1 Å². The summed E-state index contributed by atoms with van der Waals surface area (Å²) in [6, 6.07) is 3.92. The fourth-order valence-corrected chi connectivity index (χ4v) is 2.95. The highest BCUT2D eigenvalue weighted by atomic mass is 35.5. The van der Waals surface area contributed by atoms with Crippen LogP contribution >= 0.6 is 23.2 Å². The van der Waals surface area contributed by atoms with Crippen molar-refractivity contribution in [3.63, 3.8) is 0 Å². The Bertz CT molecular complexity index is 518. The van der Waals surface area contributed by atoms with Gasteiger partial charge in [-0.2, -0.15) is 0 Å². The first-order valence-electron chi connectivity index (χ1n) is 4.63. The largest absolute Gasteiger partial charge is 0.326 e. The molecule has 2 rings (SSSR count). The molecule has 1 fully saturated rings. The van der Waals surface area contributed by atoms with E-state index in [1.807, 2.05) is 0 Å². The number of nitrogens with two attached hydrogens (primary N) is 1. The molecule has 0 saturated heterocycles. The van der Waals surface area contributed by atoms with Crippen molar-refractivity contribution in [3.05, 3.63) is 28.2 Å². The summed E-state index contributed by atoms with van der Waals surface area (Å²) in [4.78, 5) is 0.0981. The Labute approximate surface area is 104 Å². The van der Waals surface area contributed by atoms with E-state index >= 15 is 0 Å². The van der Waals surface area contributed by atoms with Crippen LogP contribution in [0.1, 0.15) is 6.42 Å². The zero-order chi connectivity index (χ0) is 11.9. The van der Waals surface area contributed by atoms with Crippen LogP contribution in [0.15, 0.2) is 23.1 Å². The van der Waals surface area contributed by atoms with Crippen molar-refractivity contribution in [2.24, 2.45) is 5.73 Å². The van der Waals surface area contributed by atoms with Gasteiger partial charge in [0.05, 0.1) is 14.9 Å². The molecule has 0 aliphatic heterocycles. The minimum absolute atomic E-state index is 0.0856. The van der Waals surface area contributed by atoms with Crippen LogP contribution in [0.5, 0.6) is 0 Å². The third-order valence-corrected chi connectivity index (χ3v) is 4.57. The predicted octanol–water partition coefficient (Wildman–Crippen LogP) is 1.37. The molecule has 88 valence electrons. The second-order valence-corrected chi connectivity index (χ2v) is 6.23. The minimum Gasteiger partial charge on any atom is -0.326 e. The molecule has 7 heteroatoms. The number of rotatable bonds is 3. The van der Waals surface area contributed by atoms with E-state index in [4.69, 9.17) is 28.9 Å². The zero-order valence-corrected chi connectivity index (χ0v) is 10.5.